The number of likely N-dealkylation sites (tertiary alicyclic amines) is 1. The number of nitrogens with one attached hydrogen (secondary N) is 1. The average Bonchev–Trinajstić information content (AvgIpc) is 3.25. The van der Waals surface area contributed by atoms with E-state index in [0.717, 1.165) is 5.56 Å². The van der Waals surface area contributed by atoms with Crippen molar-refractivity contribution in [2.75, 3.05) is 11.8 Å². The molecule has 2 aromatic rings. The molecule has 0 aliphatic carbocycles. The van der Waals surface area contributed by atoms with Gasteiger partial charge in [0.1, 0.15) is 11.8 Å². The van der Waals surface area contributed by atoms with Crippen molar-refractivity contribution in [1.82, 2.24) is 15.4 Å². The first kappa shape index (κ1) is 19.8. The summed E-state index contributed by atoms with van der Waals surface area (Å²) in [7, 11) is 0. The number of aryl methyl sites for hydroxylation is 1. The van der Waals surface area contributed by atoms with Crippen LogP contribution in [0.15, 0.2) is 34.9 Å². The number of hydrogen-bond donors (Lipinski definition) is 4. The zero-order valence-corrected chi connectivity index (χ0v) is 15.3. The highest BCUT2D eigenvalue weighted by atomic mass is 16.8. The largest absolute Gasteiger partial charge is 0.391 e. The van der Waals surface area contributed by atoms with E-state index in [-0.39, 0.29) is 48.7 Å². The van der Waals surface area contributed by atoms with Gasteiger partial charge in [-0.2, -0.15) is 0 Å². The number of hydrogen-bond acceptors (Lipinski definition) is 8. The van der Waals surface area contributed by atoms with Crippen molar-refractivity contribution < 1.29 is 29.6 Å². The van der Waals surface area contributed by atoms with Gasteiger partial charge in [-0.05, 0) is 24.6 Å². The lowest BCUT2D eigenvalue weighted by Gasteiger charge is -2.23. The number of aromatic nitrogens is 1. The Hall–Kier alpha value is -2.95. The SMILES string of the molecule is Cc1cc(CC(=O)N2CC(O)CC2C(=O)NCc2ccc(N(O)O)cc2)on1. The minimum atomic E-state index is -0.768. The summed E-state index contributed by atoms with van der Waals surface area (Å²) in [5.74, 6) is -0.276. The third-order valence-corrected chi connectivity index (χ3v) is 4.54. The lowest BCUT2D eigenvalue weighted by molar-refractivity contribution is -0.138. The predicted octanol–water partition coefficient (Wildman–Crippen LogP) is 0.389. The molecule has 3 rings (SSSR count). The van der Waals surface area contributed by atoms with Crippen molar-refractivity contribution in [3.8, 4) is 0 Å². The summed E-state index contributed by atoms with van der Waals surface area (Å²) < 4.78 is 5.05. The van der Waals surface area contributed by atoms with Gasteiger partial charge in [0.2, 0.25) is 11.8 Å². The molecule has 0 radical (unpaired) electrons. The Kier molecular flexibility index (Phi) is 5.93. The second kappa shape index (κ2) is 8.38. The van der Waals surface area contributed by atoms with E-state index in [1.807, 2.05) is 0 Å². The first-order valence-electron chi connectivity index (χ1n) is 8.77. The minimum Gasteiger partial charge on any atom is -0.391 e. The number of carbonyl (C=O) groups is 2. The second-order valence-corrected chi connectivity index (χ2v) is 6.74. The first-order chi connectivity index (χ1) is 13.3. The van der Waals surface area contributed by atoms with E-state index in [9.17, 15) is 14.7 Å². The van der Waals surface area contributed by atoms with E-state index in [1.165, 1.54) is 17.0 Å². The Bertz CT molecular complexity index is 835. The molecule has 150 valence electrons. The van der Waals surface area contributed by atoms with Crippen molar-refractivity contribution in [2.24, 2.45) is 0 Å². The molecular formula is C18H22N4O6. The summed E-state index contributed by atoms with van der Waals surface area (Å²) in [6, 6.07) is 7.12. The number of anilines is 1. The normalized spacial score (nSPS) is 18.9. The summed E-state index contributed by atoms with van der Waals surface area (Å²) in [4.78, 5) is 26.5. The van der Waals surface area contributed by atoms with Crippen molar-refractivity contribution in [2.45, 2.75) is 38.5 Å². The van der Waals surface area contributed by atoms with E-state index < -0.39 is 12.1 Å². The van der Waals surface area contributed by atoms with Gasteiger partial charge in [-0.1, -0.05) is 17.3 Å². The number of nitrogens with zero attached hydrogens (tertiary/aromatic N) is 3. The van der Waals surface area contributed by atoms with Crippen molar-refractivity contribution >= 4 is 17.5 Å². The minimum absolute atomic E-state index is 0.00179. The number of carbonyl (C=O) groups excluding carboxylic acids is 2. The van der Waals surface area contributed by atoms with Crippen LogP contribution >= 0.6 is 0 Å². The van der Waals surface area contributed by atoms with Gasteiger partial charge in [-0.25, -0.2) is 0 Å². The van der Waals surface area contributed by atoms with Crippen molar-refractivity contribution in [3.05, 3.63) is 47.3 Å². The highest BCUT2D eigenvalue weighted by molar-refractivity contribution is 5.89. The van der Waals surface area contributed by atoms with Crippen LogP contribution in [0.25, 0.3) is 0 Å². The Morgan fingerprint density at radius 2 is 2.04 bits per heavy atom. The molecule has 4 N–H and O–H groups in total. The standard InChI is InChI=1S/C18H22N4O6/c1-11-6-15(28-20-11)8-17(24)21-10-14(23)7-16(21)18(25)19-9-12-2-4-13(5-3-12)22(26)27/h2-6,14,16,23,26-27H,7-10H2,1H3,(H,19,25). The van der Waals surface area contributed by atoms with Crippen LogP contribution in [-0.4, -0.2) is 56.1 Å². The molecule has 2 amide bonds. The Labute approximate surface area is 160 Å². The third kappa shape index (κ3) is 4.66. The van der Waals surface area contributed by atoms with E-state index in [1.54, 1.807) is 25.1 Å². The van der Waals surface area contributed by atoms with Crippen LogP contribution in [-0.2, 0) is 22.6 Å². The van der Waals surface area contributed by atoms with E-state index >= 15 is 0 Å². The molecule has 10 heteroatoms. The molecule has 2 unspecified atom stereocenters. The fourth-order valence-electron chi connectivity index (χ4n) is 3.14. The van der Waals surface area contributed by atoms with Gasteiger partial charge in [0.15, 0.2) is 0 Å². The van der Waals surface area contributed by atoms with Crippen LogP contribution in [0.2, 0.25) is 0 Å². The van der Waals surface area contributed by atoms with Crippen molar-refractivity contribution in [1.29, 1.82) is 0 Å². The molecule has 28 heavy (non-hydrogen) atoms. The zero-order valence-electron chi connectivity index (χ0n) is 15.3. The maximum atomic E-state index is 12.6. The molecule has 1 aromatic heterocycles. The molecular weight excluding hydrogens is 368 g/mol. The van der Waals surface area contributed by atoms with Crippen molar-refractivity contribution in [3.63, 3.8) is 0 Å². The molecule has 2 atom stereocenters. The summed E-state index contributed by atoms with van der Waals surface area (Å²) in [6.07, 6.45) is -0.636. The predicted molar refractivity (Wildman–Crippen MR) is 95.4 cm³/mol. The van der Waals surface area contributed by atoms with Gasteiger partial charge in [-0.15, -0.1) is 5.23 Å². The van der Waals surface area contributed by atoms with Crippen LogP contribution < -0.4 is 10.5 Å². The number of amides is 2. The van der Waals surface area contributed by atoms with Crippen LogP contribution in [0, 0.1) is 6.92 Å². The lowest BCUT2D eigenvalue weighted by Crippen LogP contribution is -2.46. The molecule has 1 fully saturated rings. The Morgan fingerprint density at radius 1 is 1.32 bits per heavy atom. The fourth-order valence-corrected chi connectivity index (χ4v) is 3.14. The molecule has 1 saturated heterocycles. The van der Waals surface area contributed by atoms with E-state index in [4.69, 9.17) is 14.9 Å². The molecule has 1 aliphatic heterocycles. The van der Waals surface area contributed by atoms with Gasteiger partial charge < -0.3 is 19.8 Å². The molecule has 0 saturated carbocycles. The Balaban J connectivity index is 1.59. The lowest BCUT2D eigenvalue weighted by atomic mass is 10.1. The summed E-state index contributed by atoms with van der Waals surface area (Å²) >= 11 is 0. The fraction of sp³-hybridized carbons (Fsp3) is 0.389. The van der Waals surface area contributed by atoms with Gasteiger partial charge in [0.05, 0.1) is 23.9 Å². The second-order valence-electron chi connectivity index (χ2n) is 6.74. The summed E-state index contributed by atoms with van der Waals surface area (Å²) in [6.45, 7) is 2.03. The number of benzene rings is 1. The van der Waals surface area contributed by atoms with Crippen LogP contribution in [0.4, 0.5) is 5.69 Å². The summed E-state index contributed by atoms with van der Waals surface area (Å²) in [5, 5.41) is 34.3. The molecule has 10 nitrogen and oxygen atoms in total. The monoisotopic (exact) mass is 390 g/mol. The molecule has 2 heterocycles. The molecule has 0 bridgehead atoms. The highest BCUT2D eigenvalue weighted by Gasteiger charge is 2.38. The molecule has 1 aliphatic rings. The zero-order chi connectivity index (χ0) is 20.3. The van der Waals surface area contributed by atoms with Crippen LogP contribution in [0.5, 0.6) is 0 Å². The number of aliphatic hydroxyl groups is 1. The van der Waals surface area contributed by atoms with Gasteiger partial charge >= 0.3 is 0 Å². The van der Waals surface area contributed by atoms with Crippen LogP contribution in [0.3, 0.4) is 0 Å². The van der Waals surface area contributed by atoms with E-state index in [0.29, 0.717) is 11.5 Å². The van der Waals surface area contributed by atoms with Crippen LogP contribution in [0.1, 0.15) is 23.4 Å². The Morgan fingerprint density at radius 3 is 2.64 bits per heavy atom. The van der Waals surface area contributed by atoms with Gasteiger partial charge in [0, 0.05) is 25.6 Å². The quantitative estimate of drug-likeness (QED) is 0.520. The topological polar surface area (TPSA) is 139 Å². The number of aliphatic hydroxyl groups excluding tert-OH is 1. The summed E-state index contributed by atoms with van der Waals surface area (Å²) in [5.41, 5.74) is 1.59. The van der Waals surface area contributed by atoms with Gasteiger partial charge in [-0.3, -0.25) is 20.0 Å². The number of rotatable bonds is 6. The smallest absolute Gasteiger partial charge is 0.243 e. The first-order valence-corrected chi connectivity index (χ1v) is 8.77. The third-order valence-electron chi connectivity index (χ3n) is 4.54. The maximum absolute atomic E-state index is 12.6. The molecule has 0 spiro atoms. The molecule has 1 aromatic carbocycles. The highest BCUT2D eigenvalue weighted by Crippen LogP contribution is 2.20. The number of β-amino-alcohol motifs (C(OH)–C–C–N with tert-alkyl or cyclic N) is 1. The average molecular weight is 390 g/mol. The van der Waals surface area contributed by atoms with E-state index in [2.05, 4.69) is 10.5 Å². The van der Waals surface area contributed by atoms with Gasteiger partial charge in [0.25, 0.3) is 0 Å². The maximum Gasteiger partial charge on any atom is 0.243 e.